The van der Waals surface area contributed by atoms with E-state index < -0.39 is 33.3 Å². The molecule has 0 aliphatic carbocycles. The van der Waals surface area contributed by atoms with E-state index in [1.807, 2.05) is 0 Å². The van der Waals surface area contributed by atoms with E-state index in [2.05, 4.69) is 4.74 Å². The predicted octanol–water partition coefficient (Wildman–Crippen LogP) is 2.54. The van der Waals surface area contributed by atoms with Gasteiger partial charge in [-0.1, -0.05) is 0 Å². The smallest absolute Gasteiger partial charge is 0.340 e. The Labute approximate surface area is 102 Å². The van der Waals surface area contributed by atoms with Crippen LogP contribution in [0.3, 0.4) is 0 Å². The Morgan fingerprint density at radius 2 is 2.31 bits per heavy atom. The van der Waals surface area contributed by atoms with Crippen LogP contribution in [0, 0.1) is 11.0 Å². The molecule has 0 spiro atoms. The zero-order valence-electron chi connectivity index (χ0n) is 8.28. The highest BCUT2D eigenvalue weighted by molar-refractivity contribution is 14.1. The standard InChI is InChI=1S/C9H8FINO4/c1-2-16-9(13)7-5-6(10)3-4-8(7)12(15)11-14/h3-5H,2H2,1H3/q-1. The van der Waals surface area contributed by atoms with E-state index in [0.717, 1.165) is 18.2 Å². The number of rotatable bonds is 4. The number of anilines is 1. The van der Waals surface area contributed by atoms with Crippen molar-refractivity contribution in [1.82, 2.24) is 0 Å². The highest BCUT2D eigenvalue weighted by Gasteiger charge is 2.14. The van der Waals surface area contributed by atoms with E-state index in [1.165, 1.54) is 0 Å². The molecule has 1 aromatic rings. The van der Waals surface area contributed by atoms with Gasteiger partial charge in [-0.15, -0.1) is 0 Å². The number of nitrogens with zero attached hydrogens (tertiary/aromatic N) is 1. The maximum Gasteiger partial charge on any atom is 0.340 e. The average Bonchev–Trinajstić information content (AvgIpc) is 2.28. The summed E-state index contributed by atoms with van der Waals surface area (Å²) in [6.45, 7) is 1.70. The van der Waals surface area contributed by atoms with Gasteiger partial charge in [-0.2, -0.15) is 0 Å². The molecule has 1 rings (SSSR count). The third-order valence-corrected chi connectivity index (χ3v) is 2.58. The van der Waals surface area contributed by atoms with Crippen molar-refractivity contribution in [2.24, 2.45) is 0 Å². The highest BCUT2D eigenvalue weighted by atomic mass is 127. The molecule has 0 saturated heterocycles. The molecule has 16 heavy (non-hydrogen) atoms. The summed E-state index contributed by atoms with van der Waals surface area (Å²) in [5, 5.41) is 11.2. The first kappa shape index (κ1) is 13.0. The Morgan fingerprint density at radius 1 is 1.62 bits per heavy atom. The first-order chi connectivity index (χ1) is 7.60. The van der Waals surface area contributed by atoms with Crippen LogP contribution in [0.5, 0.6) is 0 Å². The Balaban J connectivity index is 3.17. The molecule has 0 N–H and O–H groups in total. The van der Waals surface area contributed by atoms with E-state index in [-0.39, 0.29) is 21.1 Å². The lowest BCUT2D eigenvalue weighted by Gasteiger charge is -2.23. The number of ether oxygens (including phenoxy) is 1. The number of halogens is 2. The van der Waals surface area contributed by atoms with Crippen LogP contribution in [0.1, 0.15) is 17.3 Å². The van der Waals surface area contributed by atoms with Crippen molar-refractivity contribution in [3.05, 3.63) is 34.8 Å². The van der Waals surface area contributed by atoms with Gasteiger partial charge < -0.3 is 13.2 Å². The molecule has 0 heterocycles. The lowest BCUT2D eigenvalue weighted by Crippen LogP contribution is -2.11. The van der Waals surface area contributed by atoms with Crippen molar-refractivity contribution >= 4 is 33.1 Å². The second kappa shape index (κ2) is 5.85. The topological polar surface area (TPSA) is 69.7 Å². The van der Waals surface area contributed by atoms with Crippen molar-refractivity contribution < 1.29 is 17.0 Å². The van der Waals surface area contributed by atoms with Crippen molar-refractivity contribution in [1.29, 1.82) is 0 Å². The lowest BCUT2D eigenvalue weighted by molar-refractivity contribution is 0.0527. The Hall–Kier alpha value is -1.09. The average molecular weight is 340 g/mol. The van der Waals surface area contributed by atoms with Crippen molar-refractivity contribution in [3.8, 4) is 0 Å². The first-order valence-corrected chi connectivity index (χ1v) is 6.16. The normalized spacial score (nSPS) is 9.94. The molecule has 0 aromatic heterocycles. The molecule has 88 valence electrons. The van der Waals surface area contributed by atoms with Crippen LogP contribution >= 0.6 is 21.5 Å². The number of carbonyl (C=O) groups is 1. The van der Waals surface area contributed by atoms with E-state index >= 15 is 0 Å². The molecule has 1 aromatic carbocycles. The van der Waals surface area contributed by atoms with Gasteiger partial charge in [0.15, 0.2) is 0 Å². The molecule has 7 heteroatoms. The molecule has 0 atom stereocenters. The monoisotopic (exact) mass is 340 g/mol. The van der Waals surface area contributed by atoms with Gasteiger partial charge in [0, 0.05) is 0 Å². The third-order valence-electron chi connectivity index (χ3n) is 1.71. The van der Waals surface area contributed by atoms with E-state index in [4.69, 9.17) is 0 Å². The van der Waals surface area contributed by atoms with E-state index in [0.29, 0.717) is 0 Å². The molecule has 0 radical (unpaired) electrons. The van der Waals surface area contributed by atoms with E-state index in [9.17, 15) is 17.5 Å². The Morgan fingerprint density at radius 3 is 2.88 bits per heavy atom. The van der Waals surface area contributed by atoms with Crippen LogP contribution in [0.15, 0.2) is 18.2 Å². The van der Waals surface area contributed by atoms with Gasteiger partial charge in [-0.05, 0) is 25.1 Å². The van der Waals surface area contributed by atoms with Gasteiger partial charge in [0.1, 0.15) is 5.82 Å². The summed E-state index contributed by atoms with van der Waals surface area (Å²) in [4.78, 5) is 11.4. The summed E-state index contributed by atoms with van der Waals surface area (Å²) in [7, 11) is 0. The van der Waals surface area contributed by atoms with Crippen LogP contribution in [0.25, 0.3) is 0 Å². The zero-order valence-corrected chi connectivity index (χ0v) is 10.4. The Bertz CT molecular complexity index is 412. The molecule has 0 saturated carbocycles. The lowest BCUT2D eigenvalue weighted by atomic mass is 10.2. The minimum Gasteiger partial charge on any atom is -0.748 e. The fraction of sp³-hybridized carbons (Fsp3) is 0.222. The summed E-state index contributed by atoms with van der Waals surface area (Å²) in [5.41, 5.74) is -0.352. The SMILES string of the molecule is CCOC(=O)c1cc(F)ccc1N([O-])I=O. The van der Waals surface area contributed by atoms with Gasteiger partial charge in [0.25, 0.3) is 21.5 Å². The van der Waals surface area contributed by atoms with E-state index in [1.54, 1.807) is 6.92 Å². The summed E-state index contributed by atoms with van der Waals surface area (Å²) in [5.74, 6) is -1.47. The minimum absolute atomic E-state index is 0.111. The van der Waals surface area contributed by atoms with Crippen molar-refractivity contribution in [2.45, 2.75) is 6.92 Å². The highest BCUT2D eigenvalue weighted by Crippen LogP contribution is 2.26. The van der Waals surface area contributed by atoms with Gasteiger partial charge in [-0.3, -0.25) is 0 Å². The fourth-order valence-electron chi connectivity index (χ4n) is 1.07. The van der Waals surface area contributed by atoms with Crippen LogP contribution in [0.2, 0.25) is 0 Å². The molecular formula is C9H8FINO4-. The number of hydrogen-bond acceptors (Lipinski definition) is 4. The van der Waals surface area contributed by atoms with Gasteiger partial charge in [0.2, 0.25) is 0 Å². The summed E-state index contributed by atoms with van der Waals surface area (Å²) in [6.07, 6.45) is 0. The Kier molecular flexibility index (Phi) is 4.74. The zero-order chi connectivity index (χ0) is 12.1. The molecule has 0 aliphatic heterocycles. The number of carbonyl (C=O) groups excluding carboxylic acids is 1. The number of hydrogen-bond donors (Lipinski definition) is 0. The predicted molar refractivity (Wildman–Crippen MR) is 62.9 cm³/mol. The molecule has 0 fully saturated rings. The fourth-order valence-corrected chi connectivity index (χ4v) is 1.70. The largest absolute Gasteiger partial charge is 0.748 e. The summed E-state index contributed by atoms with van der Waals surface area (Å²) >= 11 is -2.00. The molecule has 0 aliphatic rings. The summed E-state index contributed by atoms with van der Waals surface area (Å²) < 4.78 is 28.3. The van der Waals surface area contributed by atoms with Crippen LogP contribution in [-0.2, 0) is 7.81 Å². The third kappa shape index (κ3) is 2.95. The number of esters is 1. The summed E-state index contributed by atoms with van der Waals surface area (Å²) in [6, 6.07) is 3.01. The molecule has 5 nitrogen and oxygen atoms in total. The van der Waals surface area contributed by atoms with Gasteiger partial charge >= 0.3 is 5.97 Å². The quantitative estimate of drug-likeness (QED) is 0.365. The minimum atomic E-state index is -2.00. The second-order valence-electron chi connectivity index (χ2n) is 2.70. The molecule has 0 amide bonds. The molecule has 0 unspecified atom stereocenters. The number of benzene rings is 1. The van der Waals surface area contributed by atoms with Gasteiger partial charge in [0.05, 0.1) is 17.9 Å². The first-order valence-electron chi connectivity index (χ1n) is 4.31. The van der Waals surface area contributed by atoms with Crippen LogP contribution in [-0.4, -0.2) is 12.6 Å². The van der Waals surface area contributed by atoms with Gasteiger partial charge in [-0.25, -0.2) is 12.3 Å². The van der Waals surface area contributed by atoms with Crippen molar-refractivity contribution in [2.75, 3.05) is 9.88 Å². The van der Waals surface area contributed by atoms with Crippen LogP contribution in [0.4, 0.5) is 10.1 Å². The maximum absolute atomic E-state index is 12.9. The van der Waals surface area contributed by atoms with Crippen LogP contribution < -0.4 is 3.28 Å². The van der Waals surface area contributed by atoms with Crippen molar-refractivity contribution in [3.63, 3.8) is 0 Å². The second-order valence-corrected chi connectivity index (χ2v) is 3.97. The molecule has 0 bridgehead atoms. The maximum atomic E-state index is 12.9. The molecular weight excluding hydrogens is 332 g/mol.